The minimum absolute atomic E-state index is 0.0894. The maximum atomic E-state index is 12.4. The third kappa shape index (κ3) is 3.64. The number of benzene rings is 2. The van der Waals surface area contributed by atoms with Crippen molar-refractivity contribution in [3.8, 4) is 11.1 Å². The predicted molar refractivity (Wildman–Crippen MR) is 110 cm³/mol. The quantitative estimate of drug-likeness (QED) is 0.665. The molecule has 2 N–H and O–H groups in total. The van der Waals surface area contributed by atoms with E-state index >= 15 is 0 Å². The van der Waals surface area contributed by atoms with Gasteiger partial charge in [-0.15, -0.1) is 0 Å². The molecule has 4 rings (SSSR count). The number of hydrogen-bond acceptors (Lipinski definition) is 7. The zero-order valence-corrected chi connectivity index (χ0v) is 16.4. The molecule has 9 nitrogen and oxygen atoms in total. The molecule has 30 heavy (non-hydrogen) atoms. The van der Waals surface area contributed by atoms with Gasteiger partial charge in [0.15, 0.2) is 0 Å². The van der Waals surface area contributed by atoms with E-state index in [2.05, 4.69) is 32.4 Å². The number of ether oxygens (including phenoxy) is 1. The molecule has 152 valence electrons. The van der Waals surface area contributed by atoms with Crippen LogP contribution < -0.4 is 10.2 Å². The van der Waals surface area contributed by atoms with Crippen molar-refractivity contribution in [2.45, 2.75) is 5.92 Å². The Morgan fingerprint density at radius 1 is 1.00 bits per heavy atom. The normalized spacial score (nSPS) is 12.1. The molecule has 0 aliphatic heterocycles. The Morgan fingerprint density at radius 3 is 2.17 bits per heavy atom. The van der Waals surface area contributed by atoms with Crippen LogP contribution >= 0.6 is 0 Å². The third-order valence-electron chi connectivity index (χ3n) is 4.77. The molecule has 0 atom stereocenters. The smallest absolute Gasteiger partial charge is 0.414 e. The van der Waals surface area contributed by atoms with Crippen LogP contribution in [-0.2, 0) is 4.74 Å². The Hall–Kier alpha value is -4.01. The maximum Gasteiger partial charge on any atom is 0.414 e. The van der Waals surface area contributed by atoms with Crippen molar-refractivity contribution in [3.63, 3.8) is 0 Å². The highest BCUT2D eigenvalue weighted by atomic mass is 16.5. The van der Waals surface area contributed by atoms with Crippen LogP contribution in [0.1, 0.15) is 27.7 Å². The van der Waals surface area contributed by atoms with Gasteiger partial charge in [-0.25, -0.2) is 9.59 Å². The van der Waals surface area contributed by atoms with E-state index in [1.165, 1.54) is 4.90 Å². The Balaban J connectivity index is 1.50. The molecule has 0 saturated heterocycles. The molecule has 0 fully saturated rings. The summed E-state index contributed by atoms with van der Waals surface area (Å²) in [7, 11) is 3.30. The van der Waals surface area contributed by atoms with E-state index in [1.807, 2.05) is 36.4 Å². The zero-order chi connectivity index (χ0) is 21.3. The number of nitrogens with zero attached hydrogens (tertiary/aromatic N) is 4. The first-order valence-electron chi connectivity index (χ1n) is 9.22. The highest BCUT2D eigenvalue weighted by Crippen LogP contribution is 2.44. The molecule has 2 aromatic carbocycles. The topological polar surface area (TPSA) is 118 Å². The monoisotopic (exact) mass is 405 g/mol. The van der Waals surface area contributed by atoms with Crippen LogP contribution in [0.3, 0.4) is 0 Å². The van der Waals surface area contributed by atoms with Crippen molar-refractivity contribution in [1.82, 2.24) is 15.0 Å². The molecular weight excluding hydrogens is 386 g/mol. The summed E-state index contributed by atoms with van der Waals surface area (Å²) < 4.78 is 5.43. The molecule has 0 unspecified atom stereocenters. The number of nitrogens with one attached hydrogen (secondary N) is 1. The number of aromatic nitrogens is 3. The lowest BCUT2D eigenvalue weighted by Crippen LogP contribution is -2.22. The Morgan fingerprint density at radius 2 is 1.60 bits per heavy atom. The number of amides is 1. The van der Waals surface area contributed by atoms with Crippen LogP contribution in [0.15, 0.2) is 48.5 Å². The summed E-state index contributed by atoms with van der Waals surface area (Å²) in [6.07, 6.45) is -0.774. The summed E-state index contributed by atoms with van der Waals surface area (Å²) in [5, 5.41) is 11.6. The number of aromatic carboxylic acids is 1. The first kappa shape index (κ1) is 19.3. The molecular formula is C21H19N5O4. The zero-order valence-electron chi connectivity index (χ0n) is 16.4. The molecule has 0 spiro atoms. The molecule has 1 aliphatic carbocycles. The minimum Gasteiger partial charge on any atom is -0.475 e. The molecule has 1 aliphatic rings. The third-order valence-corrected chi connectivity index (χ3v) is 4.77. The number of carbonyl (C=O) groups excluding carboxylic acids is 1. The molecule has 3 aromatic rings. The lowest BCUT2D eigenvalue weighted by atomic mass is 9.98. The molecule has 1 heterocycles. The van der Waals surface area contributed by atoms with Crippen LogP contribution in [0, 0.1) is 0 Å². The van der Waals surface area contributed by atoms with E-state index in [0.717, 1.165) is 22.3 Å². The molecule has 1 aromatic heterocycles. The molecule has 0 bridgehead atoms. The number of anilines is 2. The van der Waals surface area contributed by atoms with E-state index in [4.69, 9.17) is 9.84 Å². The van der Waals surface area contributed by atoms with E-state index in [1.54, 1.807) is 14.1 Å². The number of carboxylic acids is 1. The van der Waals surface area contributed by atoms with Gasteiger partial charge >= 0.3 is 12.1 Å². The average Bonchev–Trinajstić information content (AvgIpc) is 3.06. The van der Waals surface area contributed by atoms with Crippen molar-refractivity contribution in [1.29, 1.82) is 0 Å². The fourth-order valence-electron chi connectivity index (χ4n) is 3.44. The van der Waals surface area contributed by atoms with Gasteiger partial charge in [-0.3, -0.25) is 5.32 Å². The van der Waals surface area contributed by atoms with Crippen LogP contribution in [0.4, 0.5) is 16.7 Å². The van der Waals surface area contributed by atoms with Crippen molar-refractivity contribution < 1.29 is 19.4 Å². The summed E-state index contributed by atoms with van der Waals surface area (Å²) in [6, 6.07) is 16.0. The summed E-state index contributed by atoms with van der Waals surface area (Å²) in [6.45, 7) is 0.122. The van der Waals surface area contributed by atoms with Crippen molar-refractivity contribution >= 4 is 24.0 Å². The van der Waals surface area contributed by atoms with Crippen LogP contribution in [0.25, 0.3) is 11.1 Å². The summed E-state index contributed by atoms with van der Waals surface area (Å²) in [4.78, 5) is 36.7. The van der Waals surface area contributed by atoms with Gasteiger partial charge in [0, 0.05) is 20.0 Å². The number of rotatable bonds is 5. The average molecular weight is 405 g/mol. The summed E-state index contributed by atoms with van der Waals surface area (Å²) >= 11 is 0. The Labute approximate surface area is 172 Å². The number of carboxylic acid groups (broad SMARTS) is 1. The fraction of sp³-hybridized carbons (Fsp3) is 0.190. The first-order chi connectivity index (χ1) is 14.4. The number of carbonyl (C=O) groups is 2. The molecule has 0 saturated carbocycles. The van der Waals surface area contributed by atoms with Gasteiger partial charge in [0.25, 0.3) is 0 Å². The Kier molecular flexibility index (Phi) is 5.01. The molecule has 0 radical (unpaired) electrons. The molecule has 1 amide bonds. The van der Waals surface area contributed by atoms with Crippen molar-refractivity contribution in [2.24, 2.45) is 0 Å². The van der Waals surface area contributed by atoms with Gasteiger partial charge in [0.05, 0.1) is 0 Å². The van der Waals surface area contributed by atoms with E-state index in [-0.39, 0.29) is 24.4 Å². The second kappa shape index (κ2) is 7.78. The van der Waals surface area contributed by atoms with E-state index in [9.17, 15) is 9.59 Å². The second-order valence-corrected chi connectivity index (χ2v) is 6.93. The lowest BCUT2D eigenvalue weighted by Gasteiger charge is -2.15. The van der Waals surface area contributed by atoms with Crippen molar-refractivity contribution in [3.05, 3.63) is 65.5 Å². The van der Waals surface area contributed by atoms with Crippen LogP contribution in [-0.4, -0.2) is 52.8 Å². The predicted octanol–water partition coefficient (Wildman–Crippen LogP) is 3.00. The Bertz CT molecular complexity index is 1090. The highest BCUT2D eigenvalue weighted by Gasteiger charge is 2.29. The SMILES string of the molecule is CN(C)c1nc(NC(=O)OCC2c3ccccc3-c3ccccc32)nc(C(=O)O)n1. The van der Waals surface area contributed by atoms with Crippen molar-refractivity contribution in [2.75, 3.05) is 30.9 Å². The maximum absolute atomic E-state index is 12.4. The molecule has 9 heteroatoms. The van der Waals surface area contributed by atoms with E-state index in [0.29, 0.717) is 0 Å². The van der Waals surface area contributed by atoms with Gasteiger partial charge in [0.1, 0.15) is 6.61 Å². The standard InChI is InChI=1S/C21H19N5O4/c1-26(2)20-23-17(18(27)28)22-19(24-20)25-21(29)30-11-16-14-9-5-3-7-12(14)13-8-4-6-10-15(13)16/h3-10,16H,11H2,1-2H3,(H,27,28)(H,22,23,24,25,29). The fourth-order valence-corrected chi connectivity index (χ4v) is 3.44. The highest BCUT2D eigenvalue weighted by molar-refractivity contribution is 5.86. The van der Waals surface area contributed by atoms with Crippen LogP contribution in [0.5, 0.6) is 0 Å². The van der Waals surface area contributed by atoms with Gasteiger partial charge in [-0.1, -0.05) is 48.5 Å². The van der Waals surface area contributed by atoms with E-state index < -0.39 is 17.9 Å². The van der Waals surface area contributed by atoms with Gasteiger partial charge in [-0.05, 0) is 22.3 Å². The van der Waals surface area contributed by atoms with Crippen LogP contribution in [0.2, 0.25) is 0 Å². The largest absolute Gasteiger partial charge is 0.475 e. The van der Waals surface area contributed by atoms with Gasteiger partial charge in [-0.2, -0.15) is 15.0 Å². The number of hydrogen-bond donors (Lipinski definition) is 2. The summed E-state index contributed by atoms with van der Waals surface area (Å²) in [5.41, 5.74) is 4.44. The minimum atomic E-state index is -1.32. The first-order valence-corrected chi connectivity index (χ1v) is 9.22. The van der Waals surface area contributed by atoms with Gasteiger partial charge in [0.2, 0.25) is 17.7 Å². The number of fused-ring (bicyclic) bond motifs is 3. The lowest BCUT2D eigenvalue weighted by molar-refractivity contribution is 0.0683. The summed E-state index contributed by atoms with van der Waals surface area (Å²) in [5.74, 6) is -1.97. The second-order valence-electron chi connectivity index (χ2n) is 6.93. The van der Waals surface area contributed by atoms with Gasteiger partial charge < -0.3 is 14.7 Å².